The van der Waals surface area contributed by atoms with Crippen molar-refractivity contribution in [1.82, 2.24) is 4.98 Å². The molecule has 0 atom stereocenters. The van der Waals surface area contributed by atoms with Crippen LogP contribution in [0.15, 0.2) is 24.4 Å². The standard InChI is InChI=1S/C17H20N2O/c1-2-3-4-5-6-10-16(20)14-12-19-15-9-7-8-13(11-18)17(14)15/h7-9,12,19H,2-6,10H2,1H3. The van der Waals surface area contributed by atoms with E-state index in [1.165, 1.54) is 19.3 Å². The van der Waals surface area contributed by atoms with Crippen LogP contribution in [0.1, 0.15) is 61.4 Å². The zero-order valence-corrected chi connectivity index (χ0v) is 11.9. The Balaban J connectivity index is 2.09. The van der Waals surface area contributed by atoms with Gasteiger partial charge < -0.3 is 4.98 Å². The number of carbonyl (C=O) groups excluding carboxylic acids is 1. The number of hydrogen-bond donors (Lipinski definition) is 1. The summed E-state index contributed by atoms with van der Waals surface area (Å²) in [5.74, 6) is 0.135. The molecule has 104 valence electrons. The summed E-state index contributed by atoms with van der Waals surface area (Å²) in [4.78, 5) is 15.4. The van der Waals surface area contributed by atoms with Crippen molar-refractivity contribution < 1.29 is 4.79 Å². The SMILES string of the molecule is CCCCCCCC(=O)c1c[nH]c2cccc(C#N)c12. The van der Waals surface area contributed by atoms with Crippen molar-refractivity contribution in [1.29, 1.82) is 5.26 Å². The van der Waals surface area contributed by atoms with E-state index in [4.69, 9.17) is 5.26 Å². The summed E-state index contributed by atoms with van der Waals surface area (Å²) >= 11 is 0. The van der Waals surface area contributed by atoms with Crippen molar-refractivity contribution in [2.24, 2.45) is 0 Å². The second-order valence-electron chi connectivity index (χ2n) is 5.13. The molecule has 0 spiro atoms. The summed E-state index contributed by atoms with van der Waals surface area (Å²) in [6.45, 7) is 2.18. The molecule has 0 saturated heterocycles. The van der Waals surface area contributed by atoms with Crippen LogP contribution in [0.3, 0.4) is 0 Å². The van der Waals surface area contributed by atoms with Crippen LogP contribution < -0.4 is 0 Å². The summed E-state index contributed by atoms with van der Waals surface area (Å²) in [7, 11) is 0. The van der Waals surface area contributed by atoms with Crippen molar-refractivity contribution in [3.05, 3.63) is 35.5 Å². The van der Waals surface area contributed by atoms with Crippen LogP contribution in [0.4, 0.5) is 0 Å². The van der Waals surface area contributed by atoms with Crippen molar-refractivity contribution in [3.8, 4) is 6.07 Å². The molecule has 0 radical (unpaired) electrons. The third-order valence-electron chi connectivity index (χ3n) is 3.63. The Morgan fingerprint density at radius 1 is 1.25 bits per heavy atom. The number of ketones is 1. The number of aromatic nitrogens is 1. The molecule has 0 amide bonds. The van der Waals surface area contributed by atoms with Gasteiger partial charge in [0.2, 0.25) is 0 Å². The van der Waals surface area contributed by atoms with Gasteiger partial charge in [0.15, 0.2) is 5.78 Å². The fourth-order valence-electron chi connectivity index (χ4n) is 2.52. The minimum atomic E-state index is 0.135. The van der Waals surface area contributed by atoms with Crippen molar-refractivity contribution in [2.75, 3.05) is 0 Å². The molecule has 0 aliphatic heterocycles. The highest BCUT2D eigenvalue weighted by Gasteiger charge is 2.14. The molecule has 0 fully saturated rings. The van der Waals surface area contributed by atoms with Gasteiger partial charge in [-0.25, -0.2) is 0 Å². The van der Waals surface area contributed by atoms with Gasteiger partial charge in [-0.1, -0.05) is 38.7 Å². The zero-order valence-electron chi connectivity index (χ0n) is 11.9. The molecular formula is C17H20N2O. The average molecular weight is 268 g/mol. The predicted molar refractivity (Wildman–Crippen MR) is 80.7 cm³/mol. The van der Waals surface area contributed by atoms with E-state index < -0.39 is 0 Å². The van der Waals surface area contributed by atoms with Crippen LogP contribution in [-0.4, -0.2) is 10.8 Å². The third-order valence-corrected chi connectivity index (χ3v) is 3.63. The minimum Gasteiger partial charge on any atom is -0.360 e. The number of fused-ring (bicyclic) bond motifs is 1. The third kappa shape index (κ3) is 3.08. The fourth-order valence-corrected chi connectivity index (χ4v) is 2.52. The molecule has 3 nitrogen and oxygen atoms in total. The maximum absolute atomic E-state index is 12.3. The minimum absolute atomic E-state index is 0.135. The van der Waals surface area contributed by atoms with Crippen LogP contribution in [0.2, 0.25) is 0 Å². The summed E-state index contributed by atoms with van der Waals surface area (Å²) in [5, 5.41) is 9.93. The molecule has 1 aromatic heterocycles. The second kappa shape index (κ2) is 6.91. The molecule has 2 aromatic rings. The normalized spacial score (nSPS) is 10.6. The van der Waals surface area contributed by atoms with Gasteiger partial charge in [-0.2, -0.15) is 5.26 Å². The first-order chi connectivity index (χ1) is 9.77. The van der Waals surface area contributed by atoms with E-state index in [2.05, 4.69) is 18.0 Å². The molecule has 0 bridgehead atoms. The Morgan fingerprint density at radius 3 is 2.80 bits per heavy atom. The van der Waals surface area contributed by atoms with Gasteiger partial charge in [-0.3, -0.25) is 4.79 Å². The van der Waals surface area contributed by atoms with Gasteiger partial charge in [0.25, 0.3) is 0 Å². The number of benzene rings is 1. The quantitative estimate of drug-likeness (QED) is 0.590. The van der Waals surface area contributed by atoms with E-state index >= 15 is 0 Å². The number of nitriles is 1. The number of nitrogens with one attached hydrogen (secondary N) is 1. The van der Waals surface area contributed by atoms with Crippen molar-refractivity contribution >= 4 is 16.7 Å². The number of carbonyl (C=O) groups is 1. The Kier molecular flexibility index (Phi) is 4.95. The first kappa shape index (κ1) is 14.3. The topological polar surface area (TPSA) is 56.6 Å². The Labute approximate surface area is 119 Å². The Morgan fingerprint density at radius 2 is 2.05 bits per heavy atom. The van der Waals surface area contributed by atoms with E-state index in [0.717, 1.165) is 23.7 Å². The summed E-state index contributed by atoms with van der Waals surface area (Å²) in [6.07, 6.45) is 7.98. The molecule has 0 aliphatic carbocycles. The van der Waals surface area contributed by atoms with Gasteiger partial charge in [0.1, 0.15) is 0 Å². The van der Waals surface area contributed by atoms with E-state index in [0.29, 0.717) is 17.5 Å². The van der Waals surface area contributed by atoms with Gasteiger partial charge in [0.05, 0.1) is 11.6 Å². The number of hydrogen-bond acceptors (Lipinski definition) is 2. The molecule has 0 unspecified atom stereocenters. The lowest BCUT2D eigenvalue weighted by molar-refractivity contribution is 0.0980. The number of aromatic amines is 1. The Bertz CT molecular complexity index is 634. The maximum Gasteiger partial charge on any atom is 0.165 e. The first-order valence-electron chi connectivity index (χ1n) is 7.31. The molecule has 3 heteroatoms. The monoisotopic (exact) mass is 268 g/mol. The molecule has 1 aromatic carbocycles. The fraction of sp³-hybridized carbons (Fsp3) is 0.412. The molecule has 20 heavy (non-hydrogen) atoms. The van der Waals surface area contributed by atoms with Crippen molar-refractivity contribution in [3.63, 3.8) is 0 Å². The van der Waals surface area contributed by atoms with Gasteiger partial charge >= 0.3 is 0 Å². The van der Waals surface area contributed by atoms with Gasteiger partial charge in [-0.05, 0) is 18.6 Å². The average Bonchev–Trinajstić information content (AvgIpc) is 2.90. The van der Waals surface area contributed by atoms with Crippen LogP contribution in [-0.2, 0) is 0 Å². The molecule has 1 N–H and O–H groups in total. The van der Waals surface area contributed by atoms with Gasteiger partial charge in [-0.15, -0.1) is 0 Å². The highest BCUT2D eigenvalue weighted by Crippen LogP contribution is 2.24. The van der Waals surface area contributed by atoms with Crippen LogP contribution in [0.25, 0.3) is 10.9 Å². The van der Waals surface area contributed by atoms with Gasteiger partial charge in [0, 0.05) is 29.1 Å². The number of unbranched alkanes of at least 4 members (excludes halogenated alkanes) is 4. The summed E-state index contributed by atoms with van der Waals surface area (Å²) in [5.41, 5.74) is 2.09. The lowest BCUT2D eigenvalue weighted by Crippen LogP contribution is -1.98. The smallest absolute Gasteiger partial charge is 0.165 e. The van der Waals surface area contributed by atoms with Crippen LogP contribution in [0, 0.1) is 11.3 Å². The lowest BCUT2D eigenvalue weighted by Gasteiger charge is -2.01. The van der Waals surface area contributed by atoms with E-state index in [1.54, 1.807) is 12.3 Å². The molecule has 0 aliphatic rings. The number of rotatable bonds is 7. The summed E-state index contributed by atoms with van der Waals surface area (Å²) in [6, 6.07) is 7.65. The molecular weight excluding hydrogens is 248 g/mol. The predicted octanol–water partition coefficient (Wildman–Crippen LogP) is 4.58. The zero-order chi connectivity index (χ0) is 14.4. The molecule has 2 rings (SSSR count). The maximum atomic E-state index is 12.3. The highest BCUT2D eigenvalue weighted by atomic mass is 16.1. The van der Waals surface area contributed by atoms with Crippen LogP contribution >= 0.6 is 0 Å². The lowest BCUT2D eigenvalue weighted by atomic mass is 10.0. The van der Waals surface area contributed by atoms with E-state index in [1.807, 2.05) is 12.1 Å². The molecule has 1 heterocycles. The first-order valence-corrected chi connectivity index (χ1v) is 7.31. The molecule has 0 saturated carbocycles. The van der Waals surface area contributed by atoms with Crippen LogP contribution in [0.5, 0.6) is 0 Å². The summed E-state index contributed by atoms with van der Waals surface area (Å²) < 4.78 is 0. The Hall–Kier alpha value is -2.08. The highest BCUT2D eigenvalue weighted by molar-refractivity contribution is 6.09. The number of Topliss-reactive ketones (excluding diaryl/α,β-unsaturated/α-hetero) is 1. The largest absolute Gasteiger partial charge is 0.360 e. The number of H-pyrrole nitrogens is 1. The second-order valence-corrected chi connectivity index (χ2v) is 5.13. The van der Waals surface area contributed by atoms with E-state index in [-0.39, 0.29) is 5.78 Å². The van der Waals surface area contributed by atoms with Crippen molar-refractivity contribution in [2.45, 2.75) is 45.4 Å². The number of nitrogens with zero attached hydrogens (tertiary/aromatic N) is 1. The van der Waals surface area contributed by atoms with E-state index in [9.17, 15) is 4.79 Å².